The summed E-state index contributed by atoms with van der Waals surface area (Å²) in [6.07, 6.45) is 0. The number of carbonyl (C=O) groups excluding carboxylic acids is 1. The van der Waals surface area contributed by atoms with Gasteiger partial charge in [-0.2, -0.15) is 0 Å². The molecule has 0 radical (unpaired) electrons. The molecule has 0 aliphatic heterocycles. The van der Waals surface area contributed by atoms with Crippen LogP contribution in [0.4, 0.5) is 11.4 Å². The van der Waals surface area contributed by atoms with Crippen molar-refractivity contribution in [2.75, 3.05) is 24.4 Å². The molecule has 1 amide bonds. The van der Waals surface area contributed by atoms with Crippen LogP contribution in [0, 0.1) is 13.8 Å². The summed E-state index contributed by atoms with van der Waals surface area (Å²) in [7, 11) is 1.54. The molecule has 0 aliphatic carbocycles. The minimum Gasteiger partial charge on any atom is -0.493 e. The number of hydrogen-bond donors (Lipinski definition) is 2. The Morgan fingerprint density at radius 1 is 0.967 bits per heavy atom. The van der Waals surface area contributed by atoms with E-state index in [0.717, 1.165) is 11.3 Å². The Labute approximate surface area is 182 Å². The second-order valence-electron chi connectivity index (χ2n) is 6.96. The normalized spacial score (nSPS) is 10.4. The van der Waals surface area contributed by atoms with E-state index in [1.807, 2.05) is 48.5 Å². The summed E-state index contributed by atoms with van der Waals surface area (Å²) in [5, 5.41) is 6.54. The lowest BCUT2D eigenvalue weighted by Gasteiger charge is -2.15. The molecule has 3 aromatic rings. The number of benzene rings is 3. The largest absolute Gasteiger partial charge is 0.493 e. The molecular formula is C24H25ClN2O3. The standard InChI is InChI=1S/C24H25ClN2O3/c1-16-9-10-20(11-17(16)2)26-14-18-12-21(25)24(22(13-18)29-3)30-15-23(28)27-19-7-5-4-6-8-19/h4-13,26H,14-15H2,1-3H3,(H,27,28). The maximum atomic E-state index is 12.1. The van der Waals surface area contributed by atoms with Crippen LogP contribution in [-0.4, -0.2) is 19.6 Å². The van der Waals surface area contributed by atoms with Crippen molar-refractivity contribution >= 4 is 28.9 Å². The molecule has 0 saturated carbocycles. The number of amides is 1. The van der Waals surface area contributed by atoms with Crippen molar-refractivity contribution in [2.24, 2.45) is 0 Å². The maximum absolute atomic E-state index is 12.1. The first-order chi connectivity index (χ1) is 14.5. The highest BCUT2D eigenvalue weighted by atomic mass is 35.5. The van der Waals surface area contributed by atoms with Gasteiger partial charge in [0.25, 0.3) is 5.91 Å². The molecule has 0 heterocycles. The Balaban J connectivity index is 1.64. The highest BCUT2D eigenvalue weighted by molar-refractivity contribution is 6.32. The number of aryl methyl sites for hydroxylation is 2. The van der Waals surface area contributed by atoms with Crippen molar-refractivity contribution in [1.29, 1.82) is 0 Å². The molecule has 0 saturated heterocycles. The molecule has 0 aliphatic rings. The SMILES string of the molecule is COc1cc(CNc2ccc(C)c(C)c2)cc(Cl)c1OCC(=O)Nc1ccccc1. The molecule has 0 unspecified atom stereocenters. The highest BCUT2D eigenvalue weighted by Crippen LogP contribution is 2.36. The average molecular weight is 425 g/mol. The van der Waals surface area contributed by atoms with Crippen molar-refractivity contribution in [3.63, 3.8) is 0 Å². The molecule has 0 bridgehead atoms. The van der Waals surface area contributed by atoms with Crippen LogP contribution in [0.15, 0.2) is 60.7 Å². The van der Waals surface area contributed by atoms with Crippen LogP contribution in [-0.2, 0) is 11.3 Å². The molecule has 30 heavy (non-hydrogen) atoms. The minimum absolute atomic E-state index is 0.175. The van der Waals surface area contributed by atoms with Gasteiger partial charge in [0.2, 0.25) is 0 Å². The lowest BCUT2D eigenvalue weighted by Crippen LogP contribution is -2.20. The van der Waals surface area contributed by atoms with Crippen LogP contribution in [0.5, 0.6) is 11.5 Å². The Morgan fingerprint density at radius 3 is 2.43 bits per heavy atom. The topological polar surface area (TPSA) is 59.6 Å². The number of para-hydroxylation sites is 1. The van der Waals surface area contributed by atoms with E-state index in [1.165, 1.54) is 11.1 Å². The lowest BCUT2D eigenvalue weighted by atomic mass is 10.1. The van der Waals surface area contributed by atoms with E-state index in [-0.39, 0.29) is 12.5 Å². The van der Waals surface area contributed by atoms with E-state index in [9.17, 15) is 4.79 Å². The minimum atomic E-state index is -0.278. The van der Waals surface area contributed by atoms with Gasteiger partial charge in [-0.05, 0) is 66.9 Å². The molecule has 5 nitrogen and oxygen atoms in total. The van der Waals surface area contributed by atoms with Gasteiger partial charge in [0.05, 0.1) is 12.1 Å². The number of halogens is 1. The lowest BCUT2D eigenvalue weighted by molar-refractivity contribution is -0.118. The quantitative estimate of drug-likeness (QED) is 0.494. The smallest absolute Gasteiger partial charge is 0.262 e. The summed E-state index contributed by atoms with van der Waals surface area (Å²) in [6.45, 7) is 4.57. The van der Waals surface area contributed by atoms with Gasteiger partial charge in [-0.1, -0.05) is 35.9 Å². The Hall–Kier alpha value is -3.18. The van der Waals surface area contributed by atoms with Crippen LogP contribution in [0.2, 0.25) is 5.02 Å². The van der Waals surface area contributed by atoms with E-state index in [2.05, 4.69) is 36.6 Å². The summed E-state index contributed by atoms with van der Waals surface area (Å²) >= 11 is 6.42. The summed E-state index contributed by atoms with van der Waals surface area (Å²) in [6, 6.07) is 19.1. The van der Waals surface area contributed by atoms with Crippen LogP contribution < -0.4 is 20.1 Å². The van der Waals surface area contributed by atoms with Gasteiger partial charge in [-0.25, -0.2) is 0 Å². The molecule has 0 aromatic heterocycles. The third-order valence-electron chi connectivity index (χ3n) is 4.70. The molecular weight excluding hydrogens is 400 g/mol. The third kappa shape index (κ3) is 5.67. The van der Waals surface area contributed by atoms with E-state index in [1.54, 1.807) is 7.11 Å². The Morgan fingerprint density at radius 2 is 1.73 bits per heavy atom. The number of hydrogen-bond acceptors (Lipinski definition) is 4. The molecule has 0 fully saturated rings. The zero-order valence-corrected chi connectivity index (χ0v) is 18.0. The van der Waals surface area contributed by atoms with Gasteiger partial charge >= 0.3 is 0 Å². The molecule has 6 heteroatoms. The number of nitrogens with one attached hydrogen (secondary N) is 2. The molecule has 3 aromatic carbocycles. The zero-order chi connectivity index (χ0) is 21.5. The third-order valence-corrected chi connectivity index (χ3v) is 4.98. The van der Waals surface area contributed by atoms with Crippen molar-refractivity contribution in [2.45, 2.75) is 20.4 Å². The fourth-order valence-electron chi connectivity index (χ4n) is 2.93. The van der Waals surface area contributed by atoms with E-state index in [4.69, 9.17) is 21.1 Å². The first-order valence-electron chi connectivity index (χ1n) is 9.61. The van der Waals surface area contributed by atoms with Gasteiger partial charge in [-0.15, -0.1) is 0 Å². The fraction of sp³-hybridized carbons (Fsp3) is 0.208. The maximum Gasteiger partial charge on any atom is 0.262 e. The van der Waals surface area contributed by atoms with E-state index >= 15 is 0 Å². The summed E-state index contributed by atoms with van der Waals surface area (Å²) in [5.74, 6) is 0.545. The number of anilines is 2. The summed E-state index contributed by atoms with van der Waals surface area (Å²) < 4.78 is 11.1. The molecule has 3 rings (SSSR count). The Kier molecular flexibility index (Phi) is 7.20. The number of carbonyl (C=O) groups is 1. The van der Waals surface area contributed by atoms with E-state index < -0.39 is 0 Å². The zero-order valence-electron chi connectivity index (χ0n) is 17.3. The highest BCUT2D eigenvalue weighted by Gasteiger charge is 2.14. The monoisotopic (exact) mass is 424 g/mol. The van der Waals surface area contributed by atoms with Gasteiger partial charge < -0.3 is 20.1 Å². The molecule has 0 atom stereocenters. The van der Waals surface area contributed by atoms with E-state index in [0.29, 0.717) is 28.8 Å². The number of rotatable bonds is 8. The van der Waals surface area contributed by atoms with Gasteiger partial charge in [0, 0.05) is 17.9 Å². The van der Waals surface area contributed by atoms with Gasteiger partial charge in [0.15, 0.2) is 18.1 Å². The molecule has 0 spiro atoms. The second kappa shape index (κ2) is 10.0. The number of ether oxygens (including phenoxy) is 2. The predicted octanol–water partition coefficient (Wildman–Crippen LogP) is 5.60. The first-order valence-corrected chi connectivity index (χ1v) is 9.99. The summed E-state index contributed by atoms with van der Waals surface area (Å²) in [4.78, 5) is 12.1. The molecule has 2 N–H and O–H groups in total. The average Bonchev–Trinajstić information content (AvgIpc) is 2.74. The number of methoxy groups -OCH3 is 1. The van der Waals surface area contributed by atoms with Crippen LogP contribution in [0.3, 0.4) is 0 Å². The van der Waals surface area contributed by atoms with Crippen molar-refractivity contribution < 1.29 is 14.3 Å². The van der Waals surface area contributed by atoms with Crippen molar-refractivity contribution in [3.05, 3.63) is 82.4 Å². The van der Waals surface area contributed by atoms with Crippen molar-refractivity contribution in [1.82, 2.24) is 0 Å². The van der Waals surface area contributed by atoms with Crippen LogP contribution in [0.25, 0.3) is 0 Å². The van der Waals surface area contributed by atoms with Gasteiger partial charge in [0.1, 0.15) is 0 Å². The van der Waals surface area contributed by atoms with Crippen molar-refractivity contribution in [3.8, 4) is 11.5 Å². The summed E-state index contributed by atoms with van der Waals surface area (Å²) in [5.41, 5.74) is 5.16. The second-order valence-corrected chi connectivity index (χ2v) is 7.37. The molecule has 156 valence electrons. The predicted molar refractivity (Wildman–Crippen MR) is 122 cm³/mol. The Bertz CT molecular complexity index is 1020. The fourth-order valence-corrected chi connectivity index (χ4v) is 3.21. The van der Waals surface area contributed by atoms with Crippen LogP contribution >= 0.6 is 11.6 Å². The van der Waals surface area contributed by atoms with Crippen LogP contribution in [0.1, 0.15) is 16.7 Å². The van der Waals surface area contributed by atoms with Gasteiger partial charge in [-0.3, -0.25) is 4.79 Å². The first kappa shape index (κ1) is 21.5.